The lowest BCUT2D eigenvalue weighted by Crippen LogP contribution is -2.45. The first-order chi connectivity index (χ1) is 21.4. The van der Waals surface area contributed by atoms with E-state index in [1.165, 1.54) is 35.0 Å². The van der Waals surface area contributed by atoms with Crippen molar-refractivity contribution in [2.75, 3.05) is 32.7 Å². The molecule has 0 aliphatic carbocycles. The molecule has 1 N–H and O–H groups in total. The van der Waals surface area contributed by atoms with Crippen molar-refractivity contribution in [3.05, 3.63) is 93.8 Å². The van der Waals surface area contributed by atoms with Gasteiger partial charge in [0.1, 0.15) is 11.6 Å². The first kappa shape index (κ1) is 31.3. The Bertz CT molecular complexity index is 1550. The van der Waals surface area contributed by atoms with E-state index in [1.54, 1.807) is 0 Å². The van der Waals surface area contributed by atoms with Crippen LogP contribution in [0.15, 0.2) is 66.9 Å². The van der Waals surface area contributed by atoms with Crippen LogP contribution in [0.4, 0.5) is 4.39 Å². The van der Waals surface area contributed by atoms with Crippen LogP contribution >= 0.6 is 23.2 Å². The quantitative estimate of drug-likeness (QED) is 0.170. The summed E-state index contributed by atoms with van der Waals surface area (Å²) in [5.74, 6) is 0.124. The normalized spacial score (nSPS) is 18.2. The molecule has 4 aromatic rings. The highest BCUT2D eigenvalue weighted by Gasteiger charge is 2.21. The Hall–Kier alpha value is -2.74. The highest BCUT2D eigenvalue weighted by Crippen LogP contribution is 2.33. The Morgan fingerprint density at radius 3 is 2.32 bits per heavy atom. The lowest BCUT2D eigenvalue weighted by molar-refractivity contribution is -0.121. The van der Waals surface area contributed by atoms with Crippen molar-refractivity contribution in [3.8, 4) is 11.1 Å². The Morgan fingerprint density at radius 2 is 1.61 bits per heavy atom. The molecule has 1 unspecified atom stereocenters. The molecule has 3 heterocycles. The molecule has 0 amide bonds. The number of unbranched alkanes of at least 4 members (excludes halogenated alkanes) is 1. The van der Waals surface area contributed by atoms with E-state index in [0.29, 0.717) is 12.2 Å². The van der Waals surface area contributed by atoms with Gasteiger partial charge in [-0.25, -0.2) is 4.39 Å². The van der Waals surface area contributed by atoms with E-state index in [-0.39, 0.29) is 11.9 Å². The van der Waals surface area contributed by atoms with Gasteiger partial charge in [0.05, 0.1) is 6.04 Å². The van der Waals surface area contributed by atoms with E-state index in [4.69, 9.17) is 23.2 Å². The Morgan fingerprint density at radius 1 is 0.886 bits per heavy atom. The third kappa shape index (κ3) is 7.55. The molecule has 0 spiro atoms. The van der Waals surface area contributed by atoms with Gasteiger partial charge in [0.15, 0.2) is 0 Å². The van der Waals surface area contributed by atoms with Crippen LogP contribution in [-0.2, 0) is 24.4 Å². The highest BCUT2D eigenvalue weighted by molar-refractivity contribution is 6.35. The van der Waals surface area contributed by atoms with Crippen LogP contribution in [0.25, 0.3) is 22.0 Å². The molecule has 2 saturated heterocycles. The van der Waals surface area contributed by atoms with Crippen molar-refractivity contribution in [2.24, 2.45) is 0 Å². The lowest BCUT2D eigenvalue weighted by Gasteiger charge is -2.35. The number of piperidine rings is 1. The number of nitrogens with one attached hydrogen (secondary N) is 1. The van der Waals surface area contributed by atoms with E-state index < -0.39 is 0 Å². The van der Waals surface area contributed by atoms with Crippen LogP contribution in [0.1, 0.15) is 49.7 Å². The van der Waals surface area contributed by atoms with Crippen LogP contribution in [-0.4, -0.2) is 58.9 Å². The van der Waals surface area contributed by atoms with Crippen LogP contribution in [0, 0.1) is 5.82 Å². The standard InChI is InChI=1S/C36H41Cl2FN4O/c37-32-6-5-7-33(38)31(32)24-42-20-18-41(19-21-42)23-26-10-15-35-29(22-26)30(27-11-13-28(39)14-12-27)25-43(35)17-4-2-9-36(44)34-8-1-3-16-40-34/h5-7,10-15,22,25,34,40H,1-4,8-9,16-21,23-24H2. The van der Waals surface area contributed by atoms with Crippen LogP contribution in [0.3, 0.4) is 0 Å². The topological polar surface area (TPSA) is 40.5 Å². The third-order valence-electron chi connectivity index (χ3n) is 9.19. The Kier molecular flexibility index (Phi) is 10.3. The zero-order chi connectivity index (χ0) is 30.5. The number of nitrogens with zero attached hydrogens (tertiary/aromatic N) is 3. The molecule has 2 aliphatic rings. The summed E-state index contributed by atoms with van der Waals surface area (Å²) in [5, 5.41) is 6.01. The predicted molar refractivity (Wildman–Crippen MR) is 179 cm³/mol. The minimum atomic E-state index is -0.230. The molecule has 1 aromatic heterocycles. The number of hydrogen-bond donors (Lipinski definition) is 1. The maximum Gasteiger partial charge on any atom is 0.149 e. The number of fused-ring (bicyclic) bond motifs is 1. The van der Waals surface area contributed by atoms with Crippen LogP contribution in [0.2, 0.25) is 10.0 Å². The van der Waals surface area contributed by atoms with Gasteiger partial charge in [0.25, 0.3) is 0 Å². The molecule has 8 heteroatoms. The highest BCUT2D eigenvalue weighted by atomic mass is 35.5. The molecular formula is C36H41Cl2FN4O. The second-order valence-corrected chi connectivity index (χ2v) is 13.1. The average Bonchev–Trinajstić information content (AvgIpc) is 3.40. The lowest BCUT2D eigenvalue weighted by atomic mass is 9.98. The van der Waals surface area contributed by atoms with Gasteiger partial charge in [-0.05, 0) is 79.8 Å². The van der Waals surface area contributed by atoms with Crippen molar-refractivity contribution < 1.29 is 9.18 Å². The molecular weight excluding hydrogens is 594 g/mol. The molecule has 0 radical (unpaired) electrons. The maximum atomic E-state index is 13.8. The SMILES string of the molecule is O=C(CCCCn1cc(-c2ccc(F)cc2)c2cc(CN3CCN(Cc4c(Cl)cccc4Cl)CC3)ccc21)C1CCCCN1. The number of piperazine rings is 1. The summed E-state index contributed by atoms with van der Waals surface area (Å²) in [6.45, 7) is 7.30. The van der Waals surface area contributed by atoms with Gasteiger partial charge in [0, 0.05) is 90.5 Å². The number of halogens is 3. The van der Waals surface area contributed by atoms with Crippen LogP contribution < -0.4 is 5.32 Å². The second kappa shape index (κ2) is 14.6. The molecule has 2 fully saturated rings. The third-order valence-corrected chi connectivity index (χ3v) is 9.89. The zero-order valence-electron chi connectivity index (χ0n) is 25.2. The molecule has 44 heavy (non-hydrogen) atoms. The number of carbonyl (C=O) groups excluding carboxylic acids is 1. The van der Waals surface area contributed by atoms with Gasteiger partial charge >= 0.3 is 0 Å². The number of benzene rings is 3. The summed E-state index contributed by atoms with van der Waals surface area (Å²) in [4.78, 5) is 17.6. The van der Waals surface area contributed by atoms with E-state index >= 15 is 0 Å². The predicted octanol–water partition coefficient (Wildman–Crippen LogP) is 7.95. The molecule has 0 bridgehead atoms. The number of rotatable bonds is 11. The van der Waals surface area contributed by atoms with Crippen molar-refractivity contribution in [2.45, 2.75) is 64.2 Å². The van der Waals surface area contributed by atoms with Crippen LogP contribution in [0.5, 0.6) is 0 Å². The largest absolute Gasteiger partial charge is 0.347 e. The van der Waals surface area contributed by atoms with E-state index in [9.17, 15) is 9.18 Å². The van der Waals surface area contributed by atoms with Gasteiger partial charge in [0.2, 0.25) is 0 Å². The van der Waals surface area contributed by atoms with Gasteiger partial charge in [-0.3, -0.25) is 14.6 Å². The Balaban J connectivity index is 1.12. The minimum absolute atomic E-state index is 0.0449. The molecule has 232 valence electrons. The fraction of sp³-hybridized carbons (Fsp3) is 0.417. The zero-order valence-corrected chi connectivity index (χ0v) is 26.7. The van der Waals surface area contributed by atoms with Crippen molar-refractivity contribution in [3.63, 3.8) is 0 Å². The summed E-state index contributed by atoms with van der Waals surface area (Å²) in [6, 6.07) is 19.3. The fourth-order valence-electron chi connectivity index (χ4n) is 6.64. The minimum Gasteiger partial charge on any atom is -0.347 e. The molecule has 6 rings (SSSR count). The molecule has 2 aliphatic heterocycles. The second-order valence-electron chi connectivity index (χ2n) is 12.3. The summed E-state index contributed by atoms with van der Waals surface area (Å²) in [7, 11) is 0. The Labute approximate surface area is 269 Å². The van der Waals surface area contributed by atoms with Crippen molar-refractivity contribution in [1.82, 2.24) is 19.7 Å². The number of hydrogen-bond acceptors (Lipinski definition) is 4. The maximum absolute atomic E-state index is 13.8. The van der Waals surface area contributed by atoms with E-state index in [2.05, 4.69) is 44.1 Å². The number of carbonyl (C=O) groups is 1. The van der Waals surface area contributed by atoms with Gasteiger partial charge in [-0.15, -0.1) is 0 Å². The summed E-state index contributed by atoms with van der Waals surface area (Å²) < 4.78 is 16.1. The summed E-state index contributed by atoms with van der Waals surface area (Å²) >= 11 is 12.8. The summed E-state index contributed by atoms with van der Waals surface area (Å²) in [5.41, 5.74) is 5.57. The molecule has 3 aromatic carbocycles. The first-order valence-corrected chi connectivity index (χ1v) is 16.7. The van der Waals surface area contributed by atoms with E-state index in [0.717, 1.165) is 105 Å². The average molecular weight is 636 g/mol. The number of ketones is 1. The number of Topliss-reactive ketones (excluding diaryl/α,β-unsaturated/α-hetero) is 1. The van der Waals surface area contributed by atoms with Gasteiger partial charge in [-0.2, -0.15) is 0 Å². The van der Waals surface area contributed by atoms with Crippen molar-refractivity contribution in [1.29, 1.82) is 0 Å². The fourth-order valence-corrected chi connectivity index (χ4v) is 7.16. The monoisotopic (exact) mass is 634 g/mol. The molecule has 0 saturated carbocycles. The van der Waals surface area contributed by atoms with Gasteiger partial charge < -0.3 is 9.88 Å². The molecule has 1 atom stereocenters. The number of aromatic nitrogens is 1. The first-order valence-electron chi connectivity index (χ1n) is 16.0. The summed E-state index contributed by atoms with van der Waals surface area (Å²) in [6.07, 6.45) is 7.93. The molecule has 5 nitrogen and oxygen atoms in total. The van der Waals surface area contributed by atoms with E-state index in [1.807, 2.05) is 30.3 Å². The van der Waals surface area contributed by atoms with Crippen molar-refractivity contribution >= 4 is 39.9 Å². The van der Waals surface area contributed by atoms with Gasteiger partial charge in [-0.1, -0.05) is 53.9 Å². The number of aryl methyl sites for hydroxylation is 1. The smallest absolute Gasteiger partial charge is 0.149 e.